The summed E-state index contributed by atoms with van der Waals surface area (Å²) in [4.78, 5) is 22.2. The highest BCUT2D eigenvalue weighted by atomic mass is 16.5. The maximum Gasteiger partial charge on any atom is 0.226 e. The summed E-state index contributed by atoms with van der Waals surface area (Å²) in [6.45, 7) is 7.44. The molecule has 3 aromatic rings. The van der Waals surface area contributed by atoms with Crippen molar-refractivity contribution in [2.45, 2.75) is 45.8 Å². The number of amides is 1. The number of aromatic nitrogens is 2. The van der Waals surface area contributed by atoms with Crippen LogP contribution in [0.15, 0.2) is 48.5 Å². The van der Waals surface area contributed by atoms with Crippen LogP contribution in [0.25, 0.3) is 11.0 Å². The number of hydrogen-bond donors (Lipinski definition) is 0. The zero-order valence-corrected chi connectivity index (χ0v) is 19.6. The lowest BCUT2D eigenvalue weighted by molar-refractivity contribution is -0.137. The van der Waals surface area contributed by atoms with E-state index in [2.05, 4.69) is 53.6 Å². The van der Waals surface area contributed by atoms with Gasteiger partial charge < -0.3 is 14.2 Å². The van der Waals surface area contributed by atoms with E-state index in [1.165, 1.54) is 5.56 Å². The fourth-order valence-corrected chi connectivity index (χ4v) is 4.48. The Morgan fingerprint density at radius 2 is 1.91 bits per heavy atom. The van der Waals surface area contributed by atoms with E-state index < -0.39 is 0 Å². The fourth-order valence-electron chi connectivity index (χ4n) is 4.48. The van der Waals surface area contributed by atoms with E-state index in [4.69, 9.17) is 9.72 Å². The minimum atomic E-state index is 0.0653. The van der Waals surface area contributed by atoms with Gasteiger partial charge in [-0.25, -0.2) is 4.98 Å². The molecule has 0 spiro atoms. The first kappa shape index (κ1) is 22.3. The zero-order chi connectivity index (χ0) is 22.7. The minimum absolute atomic E-state index is 0.0653. The van der Waals surface area contributed by atoms with Crippen LogP contribution in [0, 0.1) is 5.92 Å². The molecule has 4 rings (SSSR count). The quantitative estimate of drug-likeness (QED) is 0.560. The number of methoxy groups -OCH3 is 1. The van der Waals surface area contributed by atoms with Crippen LogP contribution in [0.5, 0.6) is 5.75 Å². The molecule has 32 heavy (non-hydrogen) atoms. The number of benzene rings is 2. The van der Waals surface area contributed by atoms with Crippen molar-refractivity contribution >= 4 is 16.9 Å². The van der Waals surface area contributed by atoms with Crippen LogP contribution in [0.2, 0.25) is 0 Å². The van der Waals surface area contributed by atoms with Crippen molar-refractivity contribution in [2.24, 2.45) is 5.92 Å². The van der Waals surface area contributed by atoms with Crippen LogP contribution < -0.4 is 4.74 Å². The smallest absolute Gasteiger partial charge is 0.226 e. The monoisotopic (exact) mass is 434 g/mol. The van der Waals surface area contributed by atoms with E-state index in [0.717, 1.165) is 61.6 Å². The van der Waals surface area contributed by atoms with Crippen LogP contribution in [-0.4, -0.2) is 58.5 Å². The largest absolute Gasteiger partial charge is 0.497 e. The number of carbonyl (C=O) groups is 1. The molecule has 0 radical (unpaired) electrons. The van der Waals surface area contributed by atoms with Gasteiger partial charge >= 0.3 is 0 Å². The number of piperidine rings is 1. The number of fused-ring (bicyclic) bond motifs is 1. The van der Waals surface area contributed by atoms with Crippen LogP contribution in [0.4, 0.5) is 0 Å². The van der Waals surface area contributed by atoms with Crippen LogP contribution in [-0.2, 0) is 17.9 Å². The second-order valence-corrected chi connectivity index (χ2v) is 9.07. The van der Waals surface area contributed by atoms with E-state index in [1.807, 2.05) is 30.1 Å². The number of imidazole rings is 1. The van der Waals surface area contributed by atoms with Crippen LogP contribution >= 0.6 is 0 Å². The maximum absolute atomic E-state index is 12.9. The Labute approximate surface area is 190 Å². The third-order valence-electron chi connectivity index (χ3n) is 6.58. The van der Waals surface area contributed by atoms with Gasteiger partial charge in [-0.1, -0.05) is 24.3 Å². The number of nitrogens with zero attached hydrogens (tertiary/aromatic N) is 4. The average molecular weight is 435 g/mol. The highest BCUT2D eigenvalue weighted by Gasteiger charge is 2.29. The predicted molar refractivity (Wildman–Crippen MR) is 128 cm³/mol. The molecule has 2 aromatic carbocycles. The molecule has 0 aliphatic carbocycles. The Bertz CT molecular complexity index is 1060. The number of para-hydroxylation sites is 2. The Balaban J connectivity index is 1.56. The summed E-state index contributed by atoms with van der Waals surface area (Å²) in [5, 5.41) is 0. The third kappa shape index (κ3) is 4.80. The van der Waals surface area contributed by atoms with Crippen molar-refractivity contribution in [2.75, 3.05) is 27.2 Å². The van der Waals surface area contributed by atoms with Crippen LogP contribution in [0.3, 0.4) is 0 Å². The molecule has 1 fully saturated rings. The first-order chi connectivity index (χ1) is 15.5. The topological polar surface area (TPSA) is 50.6 Å². The first-order valence-corrected chi connectivity index (χ1v) is 11.5. The Morgan fingerprint density at radius 3 is 2.62 bits per heavy atom. The highest BCUT2D eigenvalue weighted by Crippen LogP contribution is 2.24. The summed E-state index contributed by atoms with van der Waals surface area (Å²) in [5.74, 6) is 2.24. The van der Waals surface area contributed by atoms with Gasteiger partial charge in [0.05, 0.1) is 30.6 Å². The molecule has 0 N–H and O–H groups in total. The normalized spacial score (nSPS) is 17.1. The van der Waals surface area contributed by atoms with Gasteiger partial charge in [-0.15, -0.1) is 0 Å². The Hall–Kier alpha value is -2.86. The summed E-state index contributed by atoms with van der Waals surface area (Å²) < 4.78 is 7.61. The van der Waals surface area contributed by atoms with Gasteiger partial charge in [0, 0.05) is 26.2 Å². The summed E-state index contributed by atoms with van der Waals surface area (Å²) >= 11 is 0. The molecule has 1 amide bonds. The molecule has 0 bridgehead atoms. The van der Waals surface area contributed by atoms with Crippen molar-refractivity contribution in [3.8, 4) is 5.75 Å². The molecular formula is C26H34N4O2. The van der Waals surface area contributed by atoms with Gasteiger partial charge in [-0.2, -0.15) is 0 Å². The SMILES string of the molecule is COc1ccc(Cn2c(CN3CCC[C@H](C(=O)N(C)C(C)C)C3)nc3ccccc32)cc1. The summed E-state index contributed by atoms with van der Waals surface area (Å²) in [6.07, 6.45) is 2.01. The molecule has 0 unspecified atom stereocenters. The van der Waals surface area contributed by atoms with Crippen LogP contribution in [0.1, 0.15) is 38.1 Å². The lowest BCUT2D eigenvalue weighted by Crippen LogP contribution is -2.45. The highest BCUT2D eigenvalue weighted by molar-refractivity contribution is 5.79. The van der Waals surface area contributed by atoms with Gasteiger partial charge in [0.1, 0.15) is 11.6 Å². The van der Waals surface area contributed by atoms with E-state index >= 15 is 0 Å². The molecule has 0 saturated carbocycles. The second-order valence-electron chi connectivity index (χ2n) is 9.07. The van der Waals surface area contributed by atoms with E-state index in [1.54, 1.807) is 7.11 Å². The molecule has 2 heterocycles. The number of ether oxygens (including phenoxy) is 1. The second kappa shape index (κ2) is 9.74. The van der Waals surface area contributed by atoms with E-state index in [9.17, 15) is 4.79 Å². The first-order valence-electron chi connectivity index (χ1n) is 11.5. The zero-order valence-electron chi connectivity index (χ0n) is 19.6. The molecule has 170 valence electrons. The summed E-state index contributed by atoms with van der Waals surface area (Å²) in [5.41, 5.74) is 3.36. The van der Waals surface area contributed by atoms with E-state index in [0.29, 0.717) is 0 Å². The molecule has 1 saturated heterocycles. The number of hydrogen-bond acceptors (Lipinski definition) is 4. The molecular weight excluding hydrogens is 400 g/mol. The molecule has 1 atom stereocenters. The Morgan fingerprint density at radius 1 is 1.16 bits per heavy atom. The maximum atomic E-state index is 12.9. The van der Waals surface area contributed by atoms with Gasteiger partial charge in [0.15, 0.2) is 0 Å². The number of rotatable bonds is 7. The lowest BCUT2D eigenvalue weighted by atomic mass is 9.96. The molecule has 6 heteroatoms. The standard InChI is InChI=1S/C26H34N4O2/c1-19(2)28(3)26(31)21-8-7-15-29(17-21)18-25-27-23-9-5-6-10-24(23)30(25)16-20-11-13-22(32-4)14-12-20/h5-6,9-14,19,21H,7-8,15-18H2,1-4H3/t21-/m0/s1. The fraction of sp³-hybridized carbons (Fsp3) is 0.462. The van der Waals surface area contributed by atoms with Gasteiger partial charge in [0.2, 0.25) is 5.91 Å². The average Bonchev–Trinajstić information content (AvgIpc) is 3.15. The summed E-state index contributed by atoms with van der Waals surface area (Å²) in [7, 11) is 3.60. The predicted octanol–water partition coefficient (Wildman–Crippen LogP) is 4.17. The van der Waals surface area contributed by atoms with Crippen molar-refractivity contribution in [3.63, 3.8) is 0 Å². The molecule has 6 nitrogen and oxygen atoms in total. The van der Waals surface area contributed by atoms with E-state index in [-0.39, 0.29) is 17.9 Å². The Kier molecular flexibility index (Phi) is 6.80. The van der Waals surface area contributed by atoms with Gasteiger partial charge in [0.25, 0.3) is 0 Å². The number of likely N-dealkylation sites (tertiary alicyclic amines) is 1. The molecule has 1 aliphatic heterocycles. The molecule has 1 aliphatic rings. The van der Waals surface area contributed by atoms with Crippen molar-refractivity contribution in [1.29, 1.82) is 0 Å². The number of carbonyl (C=O) groups excluding carboxylic acids is 1. The van der Waals surface area contributed by atoms with Gasteiger partial charge in [-0.3, -0.25) is 9.69 Å². The minimum Gasteiger partial charge on any atom is -0.497 e. The van der Waals surface area contributed by atoms with Crippen molar-refractivity contribution in [3.05, 3.63) is 59.9 Å². The van der Waals surface area contributed by atoms with Crippen molar-refractivity contribution < 1.29 is 9.53 Å². The summed E-state index contributed by atoms with van der Waals surface area (Å²) in [6, 6.07) is 16.7. The third-order valence-corrected chi connectivity index (χ3v) is 6.58. The lowest BCUT2D eigenvalue weighted by Gasteiger charge is -2.34. The van der Waals surface area contributed by atoms with Crippen molar-refractivity contribution in [1.82, 2.24) is 19.4 Å². The van der Waals surface area contributed by atoms with Gasteiger partial charge in [-0.05, 0) is 63.1 Å². The molecule has 1 aromatic heterocycles.